The van der Waals surface area contributed by atoms with Crippen molar-refractivity contribution in [1.29, 1.82) is 0 Å². The first-order valence-electron chi connectivity index (χ1n) is 8.72. The lowest BCUT2D eigenvalue weighted by Crippen LogP contribution is -2.17. The summed E-state index contributed by atoms with van der Waals surface area (Å²) in [6, 6.07) is 13.4. The maximum atomic E-state index is 13.6. The molecule has 7 heteroatoms. The van der Waals surface area contributed by atoms with E-state index in [-0.39, 0.29) is 16.9 Å². The number of phenolic OH excluding ortho intramolecular Hbond substituents is 1. The Balaban J connectivity index is 2.49. The zero-order valence-electron chi connectivity index (χ0n) is 15.7. The third-order valence-electron chi connectivity index (χ3n) is 4.69. The molecule has 3 aromatic carbocycles. The van der Waals surface area contributed by atoms with E-state index in [9.17, 15) is 23.5 Å². The van der Waals surface area contributed by atoms with Crippen LogP contribution in [-0.2, 0) is 6.18 Å². The van der Waals surface area contributed by atoms with Crippen LogP contribution >= 0.6 is 0 Å². The molecule has 4 N–H and O–H groups in total. The molecule has 0 atom stereocenters. The summed E-state index contributed by atoms with van der Waals surface area (Å²) in [5, 5.41) is 21.8. The number of amidine groups is 1. The summed E-state index contributed by atoms with van der Waals surface area (Å²) in [5.74, 6) is -0.433. The van der Waals surface area contributed by atoms with Crippen LogP contribution < -0.4 is 5.73 Å². The molecule has 0 saturated carbocycles. The van der Waals surface area contributed by atoms with Gasteiger partial charge < -0.3 is 16.0 Å². The Labute approximate surface area is 165 Å². The molecule has 0 radical (unpaired) electrons. The Kier molecular flexibility index (Phi) is 5.24. The molecule has 4 nitrogen and oxygen atoms in total. The first-order chi connectivity index (χ1) is 13.6. The van der Waals surface area contributed by atoms with Gasteiger partial charge in [0.2, 0.25) is 0 Å². The molecular formula is C22H19F3N2O2. The summed E-state index contributed by atoms with van der Waals surface area (Å²) >= 11 is 0. The fraction of sp³-hybridized carbons (Fsp3) is 0.136. The largest absolute Gasteiger partial charge is 0.508 e. The van der Waals surface area contributed by atoms with E-state index in [0.29, 0.717) is 16.7 Å². The average molecular weight is 400 g/mol. The number of hydrogen-bond donors (Lipinski definition) is 3. The lowest BCUT2D eigenvalue weighted by Gasteiger charge is -2.20. The maximum Gasteiger partial charge on any atom is 0.416 e. The normalized spacial score (nSPS) is 12.2. The minimum atomic E-state index is -4.63. The number of hydrogen-bond acceptors (Lipinski definition) is 3. The van der Waals surface area contributed by atoms with Crippen LogP contribution in [0.25, 0.3) is 22.3 Å². The molecule has 0 saturated heterocycles. The Bertz CT molecular complexity index is 1090. The first kappa shape index (κ1) is 20.3. The molecule has 0 aliphatic rings. The molecule has 0 fully saturated rings. The number of nitrogens with two attached hydrogens (primary N) is 1. The maximum absolute atomic E-state index is 13.6. The molecule has 0 unspecified atom stereocenters. The summed E-state index contributed by atoms with van der Waals surface area (Å²) in [4.78, 5) is 0. The van der Waals surface area contributed by atoms with Crippen molar-refractivity contribution in [2.75, 3.05) is 0 Å². The van der Waals surface area contributed by atoms with Gasteiger partial charge in [-0.25, -0.2) is 0 Å². The van der Waals surface area contributed by atoms with Gasteiger partial charge in [0.05, 0.1) is 5.56 Å². The minimum Gasteiger partial charge on any atom is -0.508 e. The highest BCUT2D eigenvalue weighted by atomic mass is 19.4. The van der Waals surface area contributed by atoms with Crippen molar-refractivity contribution in [1.82, 2.24) is 0 Å². The van der Waals surface area contributed by atoms with Gasteiger partial charge in [-0.15, -0.1) is 0 Å². The van der Waals surface area contributed by atoms with Gasteiger partial charge in [-0.3, -0.25) is 0 Å². The van der Waals surface area contributed by atoms with Crippen molar-refractivity contribution in [2.45, 2.75) is 20.0 Å². The van der Waals surface area contributed by atoms with E-state index in [1.54, 1.807) is 0 Å². The van der Waals surface area contributed by atoms with Gasteiger partial charge in [0.15, 0.2) is 5.84 Å². The van der Waals surface area contributed by atoms with E-state index < -0.39 is 17.6 Å². The van der Waals surface area contributed by atoms with E-state index in [4.69, 9.17) is 5.73 Å². The molecule has 0 heterocycles. The van der Waals surface area contributed by atoms with Gasteiger partial charge in [-0.2, -0.15) is 13.2 Å². The molecule has 0 amide bonds. The summed E-state index contributed by atoms with van der Waals surface area (Å²) in [5.41, 5.74) is 8.38. The predicted molar refractivity (Wildman–Crippen MR) is 106 cm³/mol. The molecule has 0 aliphatic heterocycles. The molecule has 3 aromatic rings. The highest BCUT2D eigenvalue weighted by Gasteiger charge is 2.33. The number of halogens is 3. The molecule has 0 bridgehead atoms. The third kappa shape index (κ3) is 4.03. The number of oxime groups is 1. The number of aryl methyl sites for hydroxylation is 2. The van der Waals surface area contributed by atoms with Crippen molar-refractivity contribution in [2.24, 2.45) is 10.9 Å². The second kappa shape index (κ2) is 7.50. The van der Waals surface area contributed by atoms with E-state index in [1.165, 1.54) is 24.3 Å². The van der Waals surface area contributed by atoms with Gasteiger partial charge in [-0.1, -0.05) is 41.1 Å². The third-order valence-corrected chi connectivity index (χ3v) is 4.69. The number of benzene rings is 3. The Morgan fingerprint density at radius 3 is 2.17 bits per heavy atom. The molecule has 0 aliphatic carbocycles. The molecule has 0 aromatic heterocycles. The Morgan fingerprint density at radius 2 is 1.59 bits per heavy atom. The van der Waals surface area contributed by atoms with Gasteiger partial charge in [0.1, 0.15) is 5.75 Å². The minimum absolute atomic E-state index is 0.00864. The van der Waals surface area contributed by atoms with Crippen molar-refractivity contribution in [3.05, 3.63) is 76.9 Å². The van der Waals surface area contributed by atoms with E-state index in [2.05, 4.69) is 5.16 Å². The standard InChI is InChI=1S/C22H19F3N2O2/c1-12-3-4-13(2)17(9-12)20-18(14-5-7-16(28)8-6-14)10-15(22(23,24)25)11-19(20)21(26)27-29/h3-11,28-29H,1-2H3,(H2,26,27). The monoisotopic (exact) mass is 400 g/mol. The zero-order chi connectivity index (χ0) is 21.3. The number of phenols is 1. The molecule has 3 rings (SSSR count). The van der Waals surface area contributed by atoms with Crippen LogP contribution in [0, 0.1) is 13.8 Å². The summed E-state index contributed by atoms with van der Waals surface area (Å²) in [6.45, 7) is 3.71. The fourth-order valence-corrected chi connectivity index (χ4v) is 3.23. The Hall–Kier alpha value is -3.48. The van der Waals surface area contributed by atoms with Gasteiger partial charge in [-0.05, 0) is 60.4 Å². The predicted octanol–water partition coefficient (Wildman–Crippen LogP) is 5.46. The molecular weight excluding hydrogens is 381 g/mol. The highest BCUT2D eigenvalue weighted by Crippen LogP contribution is 2.42. The van der Waals surface area contributed by atoms with Crippen LogP contribution in [0.1, 0.15) is 22.3 Å². The van der Waals surface area contributed by atoms with Crippen LogP contribution in [0.4, 0.5) is 13.2 Å². The number of aromatic hydroxyl groups is 1. The second-order valence-electron chi connectivity index (χ2n) is 6.79. The summed E-state index contributed by atoms with van der Waals surface area (Å²) in [7, 11) is 0. The summed E-state index contributed by atoms with van der Waals surface area (Å²) < 4.78 is 40.8. The molecule has 0 spiro atoms. The fourth-order valence-electron chi connectivity index (χ4n) is 3.23. The van der Waals surface area contributed by atoms with Crippen LogP contribution in [0.3, 0.4) is 0 Å². The molecule has 29 heavy (non-hydrogen) atoms. The van der Waals surface area contributed by atoms with Gasteiger partial charge >= 0.3 is 6.18 Å². The van der Waals surface area contributed by atoms with Crippen molar-refractivity contribution in [3.63, 3.8) is 0 Å². The number of alkyl halides is 3. The van der Waals surface area contributed by atoms with Gasteiger partial charge in [0, 0.05) is 11.1 Å². The van der Waals surface area contributed by atoms with Crippen LogP contribution in [-0.4, -0.2) is 16.1 Å². The average Bonchev–Trinajstić information content (AvgIpc) is 2.68. The van der Waals surface area contributed by atoms with Crippen LogP contribution in [0.2, 0.25) is 0 Å². The smallest absolute Gasteiger partial charge is 0.416 e. The quantitative estimate of drug-likeness (QED) is 0.237. The summed E-state index contributed by atoms with van der Waals surface area (Å²) in [6.07, 6.45) is -4.63. The Morgan fingerprint density at radius 1 is 0.931 bits per heavy atom. The second-order valence-corrected chi connectivity index (χ2v) is 6.79. The van der Waals surface area contributed by atoms with Crippen LogP contribution in [0.15, 0.2) is 59.8 Å². The van der Waals surface area contributed by atoms with Crippen LogP contribution in [0.5, 0.6) is 5.75 Å². The van der Waals surface area contributed by atoms with E-state index >= 15 is 0 Å². The lowest BCUT2D eigenvalue weighted by molar-refractivity contribution is -0.137. The van der Waals surface area contributed by atoms with E-state index in [0.717, 1.165) is 23.3 Å². The highest BCUT2D eigenvalue weighted by molar-refractivity contribution is 6.07. The van der Waals surface area contributed by atoms with Gasteiger partial charge in [0.25, 0.3) is 0 Å². The van der Waals surface area contributed by atoms with Crippen molar-refractivity contribution >= 4 is 5.84 Å². The zero-order valence-corrected chi connectivity index (χ0v) is 15.7. The van der Waals surface area contributed by atoms with Crippen molar-refractivity contribution < 1.29 is 23.5 Å². The lowest BCUT2D eigenvalue weighted by atomic mass is 9.85. The molecule has 150 valence electrons. The number of nitrogens with zero attached hydrogens (tertiary/aromatic N) is 1. The topological polar surface area (TPSA) is 78.8 Å². The van der Waals surface area contributed by atoms with E-state index in [1.807, 2.05) is 32.0 Å². The van der Waals surface area contributed by atoms with Crippen molar-refractivity contribution in [3.8, 4) is 28.0 Å². The first-order valence-corrected chi connectivity index (χ1v) is 8.72. The number of rotatable bonds is 3. The SMILES string of the molecule is Cc1ccc(C)c(-c2c(/C(N)=N/O)cc(C(F)(F)F)cc2-c2ccc(O)cc2)c1.